The minimum absolute atomic E-state index is 0.0324. The molecule has 1 amide bonds. The van der Waals surface area contributed by atoms with E-state index in [2.05, 4.69) is 20.1 Å². The molecule has 0 bridgehead atoms. The maximum Gasteiger partial charge on any atom is 0.387 e. The lowest BCUT2D eigenvalue weighted by Gasteiger charge is -2.10. The number of benzene rings is 1. The van der Waals surface area contributed by atoms with Crippen molar-refractivity contribution in [2.24, 2.45) is 0 Å². The largest absolute Gasteiger partial charge is 0.435 e. The van der Waals surface area contributed by atoms with Gasteiger partial charge in [0.05, 0.1) is 10.6 Å². The number of thiazole rings is 1. The number of hydrogen-bond acceptors (Lipinski definition) is 7. The summed E-state index contributed by atoms with van der Waals surface area (Å²) in [6, 6.07) is 5.15. The Morgan fingerprint density at radius 2 is 2.03 bits per heavy atom. The van der Waals surface area contributed by atoms with E-state index >= 15 is 0 Å². The molecule has 0 fully saturated rings. The molecule has 1 N–H and O–H groups in total. The molecule has 1 unspecified atom stereocenters. The van der Waals surface area contributed by atoms with Crippen molar-refractivity contribution in [3.05, 3.63) is 51.7 Å². The van der Waals surface area contributed by atoms with Gasteiger partial charge in [-0.05, 0) is 38.1 Å². The summed E-state index contributed by atoms with van der Waals surface area (Å²) in [5.41, 5.74) is 1.26. The summed E-state index contributed by atoms with van der Waals surface area (Å²) < 4.78 is 29.9. The first-order valence-corrected chi connectivity index (χ1v) is 9.14. The number of anilines is 1. The normalized spacial score (nSPS) is 12.0. The number of ether oxygens (including phenoxy) is 1. The second kappa shape index (κ2) is 8.31. The van der Waals surface area contributed by atoms with Gasteiger partial charge >= 0.3 is 12.3 Å². The highest BCUT2D eigenvalue weighted by Gasteiger charge is 2.23. The second-order valence-electron chi connectivity index (χ2n) is 5.94. The van der Waals surface area contributed by atoms with Crippen LogP contribution in [-0.2, 0) is 4.79 Å². The maximum atomic E-state index is 12.4. The molecule has 2 heterocycles. The van der Waals surface area contributed by atoms with Crippen LogP contribution in [0, 0.1) is 17.0 Å². The van der Waals surface area contributed by atoms with Crippen LogP contribution >= 0.6 is 11.3 Å². The Labute approximate surface area is 167 Å². The number of nitrogens with zero attached hydrogens (tertiary/aromatic N) is 4. The number of carbonyl (C=O) groups is 1. The molecule has 1 atom stereocenters. The first-order chi connectivity index (χ1) is 13.7. The van der Waals surface area contributed by atoms with E-state index in [1.807, 2.05) is 0 Å². The lowest BCUT2D eigenvalue weighted by Crippen LogP contribution is -2.24. The molecule has 0 aliphatic carbocycles. The molecule has 12 heteroatoms. The Balaban J connectivity index is 1.68. The zero-order valence-corrected chi connectivity index (χ0v) is 16.0. The molecular formula is C17H15F2N5O4S. The lowest BCUT2D eigenvalue weighted by atomic mass is 10.2. The Kier molecular flexibility index (Phi) is 5.82. The van der Waals surface area contributed by atoms with E-state index in [0.29, 0.717) is 16.4 Å². The van der Waals surface area contributed by atoms with Gasteiger partial charge in [-0.3, -0.25) is 19.6 Å². The SMILES string of the molecule is Cc1nn(C(C)C(=O)Nc2nc(-c3ccc(OC(F)F)cc3)cs2)cc1[N+](=O)[O-]. The van der Waals surface area contributed by atoms with Crippen molar-refractivity contribution >= 4 is 28.1 Å². The van der Waals surface area contributed by atoms with E-state index in [1.54, 1.807) is 24.4 Å². The van der Waals surface area contributed by atoms with Crippen LogP contribution in [0.5, 0.6) is 5.75 Å². The number of hydrogen-bond donors (Lipinski definition) is 1. The van der Waals surface area contributed by atoms with Crippen molar-refractivity contribution in [3.63, 3.8) is 0 Å². The predicted molar refractivity (Wildman–Crippen MR) is 101 cm³/mol. The van der Waals surface area contributed by atoms with Gasteiger partial charge in [0, 0.05) is 10.9 Å². The summed E-state index contributed by atoms with van der Waals surface area (Å²) in [4.78, 5) is 27.1. The number of amides is 1. The van der Waals surface area contributed by atoms with Crippen LogP contribution in [0.3, 0.4) is 0 Å². The van der Waals surface area contributed by atoms with Crippen LogP contribution < -0.4 is 10.1 Å². The van der Waals surface area contributed by atoms with Crippen LogP contribution in [0.25, 0.3) is 11.3 Å². The molecule has 0 saturated carbocycles. The van der Waals surface area contributed by atoms with E-state index in [9.17, 15) is 23.7 Å². The van der Waals surface area contributed by atoms with Crippen molar-refractivity contribution < 1.29 is 23.2 Å². The maximum absolute atomic E-state index is 12.4. The molecule has 3 aromatic rings. The second-order valence-corrected chi connectivity index (χ2v) is 6.80. The third kappa shape index (κ3) is 4.71. The summed E-state index contributed by atoms with van der Waals surface area (Å²) in [6.07, 6.45) is 1.20. The monoisotopic (exact) mass is 423 g/mol. The average Bonchev–Trinajstić information content (AvgIpc) is 3.28. The fourth-order valence-corrected chi connectivity index (χ4v) is 3.17. The molecule has 0 radical (unpaired) electrons. The molecule has 1 aromatic carbocycles. The van der Waals surface area contributed by atoms with Gasteiger partial charge in [-0.25, -0.2) is 4.98 Å². The molecule has 29 heavy (non-hydrogen) atoms. The third-order valence-corrected chi connectivity index (χ3v) is 4.73. The molecule has 152 valence electrons. The molecule has 0 saturated heterocycles. The van der Waals surface area contributed by atoms with Gasteiger partial charge in [-0.2, -0.15) is 13.9 Å². The molecule has 9 nitrogen and oxygen atoms in total. The summed E-state index contributed by atoms with van der Waals surface area (Å²) in [7, 11) is 0. The molecule has 3 rings (SSSR count). The van der Waals surface area contributed by atoms with Crippen molar-refractivity contribution in [2.75, 3.05) is 5.32 Å². The molecule has 0 aliphatic heterocycles. The van der Waals surface area contributed by atoms with Gasteiger partial charge in [0.2, 0.25) is 0 Å². The highest BCUT2D eigenvalue weighted by atomic mass is 32.1. The van der Waals surface area contributed by atoms with Crippen LogP contribution in [0.2, 0.25) is 0 Å². The van der Waals surface area contributed by atoms with Crippen LogP contribution in [0.15, 0.2) is 35.8 Å². The number of carbonyl (C=O) groups excluding carboxylic acids is 1. The summed E-state index contributed by atoms with van der Waals surface area (Å²) in [6.45, 7) is 0.148. The fourth-order valence-electron chi connectivity index (χ4n) is 2.45. The summed E-state index contributed by atoms with van der Waals surface area (Å²) >= 11 is 1.18. The third-order valence-electron chi connectivity index (χ3n) is 3.97. The Hall–Kier alpha value is -3.41. The van der Waals surface area contributed by atoms with Crippen LogP contribution in [0.4, 0.5) is 19.6 Å². The van der Waals surface area contributed by atoms with Gasteiger partial charge in [-0.1, -0.05) is 0 Å². The smallest absolute Gasteiger partial charge is 0.387 e. The standard InChI is InChI=1S/C17H15F2N5O4S/c1-9-14(24(26)27)7-23(22-9)10(2)15(25)21-17-20-13(8-29-17)11-3-5-12(6-4-11)28-16(18)19/h3-8,10,16H,1-2H3,(H,20,21,25). The van der Waals surface area contributed by atoms with Crippen molar-refractivity contribution in [1.29, 1.82) is 0 Å². The van der Waals surface area contributed by atoms with Crippen molar-refractivity contribution in [2.45, 2.75) is 26.5 Å². The number of nitro groups is 1. The highest BCUT2D eigenvalue weighted by molar-refractivity contribution is 7.14. The van der Waals surface area contributed by atoms with E-state index in [4.69, 9.17) is 0 Å². The zero-order chi connectivity index (χ0) is 21.1. The van der Waals surface area contributed by atoms with Gasteiger partial charge in [0.1, 0.15) is 23.7 Å². The molecule has 2 aromatic heterocycles. The van der Waals surface area contributed by atoms with Crippen LogP contribution in [-0.4, -0.2) is 32.2 Å². The van der Waals surface area contributed by atoms with E-state index in [1.165, 1.54) is 41.3 Å². The fraction of sp³-hybridized carbons (Fsp3) is 0.235. The van der Waals surface area contributed by atoms with Crippen molar-refractivity contribution in [3.8, 4) is 17.0 Å². The summed E-state index contributed by atoms with van der Waals surface area (Å²) in [5.74, 6) is -0.408. The van der Waals surface area contributed by atoms with E-state index in [-0.39, 0.29) is 17.1 Å². The van der Waals surface area contributed by atoms with E-state index < -0.39 is 23.5 Å². The number of rotatable bonds is 7. The predicted octanol–water partition coefficient (Wildman–Crippen LogP) is 4.02. The van der Waals surface area contributed by atoms with Crippen molar-refractivity contribution in [1.82, 2.24) is 14.8 Å². The molecular weight excluding hydrogens is 408 g/mol. The number of aromatic nitrogens is 3. The lowest BCUT2D eigenvalue weighted by molar-refractivity contribution is -0.385. The van der Waals surface area contributed by atoms with Gasteiger partial charge in [0.15, 0.2) is 5.13 Å². The first-order valence-electron chi connectivity index (χ1n) is 8.26. The topological polar surface area (TPSA) is 112 Å². The average molecular weight is 423 g/mol. The molecule has 0 spiro atoms. The number of aryl methyl sites for hydroxylation is 1. The van der Waals surface area contributed by atoms with E-state index in [0.717, 1.165) is 0 Å². The Morgan fingerprint density at radius 1 is 1.34 bits per heavy atom. The number of alkyl halides is 2. The Morgan fingerprint density at radius 3 is 2.62 bits per heavy atom. The highest BCUT2D eigenvalue weighted by Crippen LogP contribution is 2.27. The zero-order valence-electron chi connectivity index (χ0n) is 15.2. The number of nitrogens with one attached hydrogen (secondary N) is 1. The molecule has 0 aliphatic rings. The minimum atomic E-state index is -2.90. The minimum Gasteiger partial charge on any atom is -0.435 e. The quantitative estimate of drug-likeness (QED) is 0.454. The van der Waals surface area contributed by atoms with Gasteiger partial charge < -0.3 is 10.1 Å². The van der Waals surface area contributed by atoms with Gasteiger partial charge in [0.25, 0.3) is 5.91 Å². The summed E-state index contributed by atoms with van der Waals surface area (Å²) in [5, 5.41) is 19.6. The first kappa shape index (κ1) is 20.3. The number of halogens is 2. The van der Waals surface area contributed by atoms with Crippen LogP contribution in [0.1, 0.15) is 18.7 Å². The van der Waals surface area contributed by atoms with Gasteiger partial charge in [-0.15, -0.1) is 11.3 Å². The Bertz CT molecular complexity index is 1030.